The van der Waals surface area contributed by atoms with E-state index >= 15 is 0 Å². The first-order valence-corrected chi connectivity index (χ1v) is 7.79. The van der Waals surface area contributed by atoms with Gasteiger partial charge in [0.1, 0.15) is 0 Å². The predicted molar refractivity (Wildman–Crippen MR) is 53.0 cm³/mol. The molecule has 0 aliphatic carbocycles. The van der Waals surface area contributed by atoms with Gasteiger partial charge in [-0.2, -0.15) is 35.4 Å². The first kappa shape index (κ1) is 16.2. The average Bonchev–Trinajstić information content (AvgIpc) is 2.08. The molecule has 0 aromatic heterocycles. The molecule has 0 heterocycles. The molecule has 0 unspecified atom stereocenters. The molecule has 0 bridgehead atoms. The van der Waals surface area contributed by atoms with Crippen LogP contribution in [0, 0.1) is 13.0 Å². The summed E-state index contributed by atoms with van der Waals surface area (Å²) in [5.74, 6) is 0.597. The van der Waals surface area contributed by atoms with Crippen LogP contribution >= 0.6 is 13.6 Å². The summed E-state index contributed by atoms with van der Waals surface area (Å²) in [6.07, 6.45) is 0. The summed E-state index contributed by atoms with van der Waals surface area (Å²) in [6, 6.07) is 9.46. The molecule has 1 aromatic carbocycles. The van der Waals surface area contributed by atoms with E-state index in [-0.39, 0.29) is 17.0 Å². The molecule has 0 radical (unpaired) electrons. The van der Waals surface area contributed by atoms with Crippen LogP contribution < -0.4 is 17.0 Å². The van der Waals surface area contributed by atoms with Crippen molar-refractivity contribution in [3.8, 4) is 0 Å². The van der Waals surface area contributed by atoms with Gasteiger partial charge in [-0.25, -0.2) is 0 Å². The molecule has 0 atom stereocenters. The molecule has 0 saturated heterocycles. The van der Waals surface area contributed by atoms with Gasteiger partial charge in [-0.1, -0.05) is 20.8 Å². The van der Waals surface area contributed by atoms with Gasteiger partial charge < -0.3 is 17.0 Å². The minimum atomic E-state index is 0. The van der Waals surface area contributed by atoms with E-state index in [9.17, 15) is 0 Å². The first-order valence-electron chi connectivity index (χ1n) is 3.82. The van der Waals surface area contributed by atoms with E-state index in [2.05, 4.69) is 68.9 Å². The average molecular weight is 394 g/mol. The van der Waals surface area contributed by atoms with Crippen molar-refractivity contribution in [1.29, 1.82) is 0 Å². The van der Waals surface area contributed by atoms with Crippen LogP contribution in [-0.2, 0) is 16.3 Å². The van der Waals surface area contributed by atoms with Gasteiger partial charge in [-0.05, 0) is 5.92 Å². The normalized spacial score (nSPS) is 8.38. The summed E-state index contributed by atoms with van der Waals surface area (Å²) in [4.78, 5) is 0. The number of benzene rings is 1. The maximum absolute atomic E-state index is 3.21. The fraction of sp³-hybridized carbons (Fsp3) is 0.400. The third kappa shape index (κ3) is 6.82. The molecule has 1 rings (SSSR count). The molecule has 75 valence electrons. The zero-order valence-corrected chi connectivity index (χ0v) is 12.8. The summed E-state index contributed by atoms with van der Waals surface area (Å²) in [5.41, 5.74) is 2.63. The second kappa shape index (κ2) is 9.36. The van der Waals surface area contributed by atoms with E-state index in [4.69, 9.17) is 0 Å². The van der Waals surface area contributed by atoms with Gasteiger partial charge >= 0.3 is 30.0 Å². The summed E-state index contributed by atoms with van der Waals surface area (Å²) in [5, 5.41) is 0. The Morgan fingerprint density at radius 2 is 1.92 bits per heavy atom. The maximum atomic E-state index is 3.21. The van der Waals surface area contributed by atoms with Gasteiger partial charge in [0.25, 0.3) is 0 Å². The Kier molecular flexibility index (Phi) is 11.7. The van der Waals surface area contributed by atoms with E-state index in [0.717, 1.165) is 0 Å². The van der Waals surface area contributed by atoms with Gasteiger partial charge in [0.15, 0.2) is 0 Å². The number of rotatable bonds is 1. The van der Waals surface area contributed by atoms with Crippen LogP contribution in [0.5, 0.6) is 0 Å². The molecule has 0 aliphatic rings. The molecule has 0 saturated carbocycles. The molecule has 3 heteroatoms. The topological polar surface area (TPSA) is 0 Å². The van der Waals surface area contributed by atoms with Gasteiger partial charge in [-0.3, -0.25) is 0 Å². The molecule has 0 N–H and O–H groups in total. The van der Waals surface area contributed by atoms with Gasteiger partial charge in [0.2, 0.25) is 0 Å². The van der Waals surface area contributed by atoms with E-state index in [0.29, 0.717) is 5.92 Å². The number of aryl methyl sites for hydroxylation is 1. The van der Waals surface area contributed by atoms with Crippen molar-refractivity contribution in [2.45, 2.75) is 26.7 Å². The zero-order chi connectivity index (χ0) is 9.56. The standard InChI is InChI=1S/C10H13.2BrH.Ru/c1-8(2)10-6-4-5-9(3)7-10;;;/h4-5,7-8H,1-3H3;2*1H;/q-1;;;+3/p-2. The second-order valence-electron chi connectivity index (χ2n) is 2.98. The van der Waals surface area contributed by atoms with E-state index in [1.54, 1.807) is 0 Å². The molecule has 0 spiro atoms. The quantitative estimate of drug-likeness (QED) is 0.488. The SMILES string of the molecule is Cc1cc[c-]c(C(C)C)c1.[Br-].[Br][Ru+2]. The van der Waals surface area contributed by atoms with Crippen molar-refractivity contribution in [2.75, 3.05) is 0 Å². The van der Waals surface area contributed by atoms with Crippen molar-refractivity contribution < 1.29 is 33.3 Å². The predicted octanol–water partition coefficient (Wildman–Crippen LogP) is 0.766. The molecule has 0 fully saturated rings. The summed E-state index contributed by atoms with van der Waals surface area (Å²) in [6.45, 7) is 6.48. The van der Waals surface area contributed by atoms with Crippen LogP contribution in [-0.4, -0.2) is 0 Å². The first-order chi connectivity index (χ1) is 5.70. The van der Waals surface area contributed by atoms with Crippen molar-refractivity contribution in [2.24, 2.45) is 0 Å². The van der Waals surface area contributed by atoms with E-state index in [1.165, 1.54) is 11.1 Å². The number of halogens is 2. The Balaban J connectivity index is 0. The van der Waals surface area contributed by atoms with Crippen LogP contribution in [0.4, 0.5) is 0 Å². The Hall–Kier alpha value is 0.803. The monoisotopic (exact) mass is 393 g/mol. The molecular weight excluding hydrogens is 381 g/mol. The summed E-state index contributed by atoms with van der Waals surface area (Å²) in [7, 11) is 0. The van der Waals surface area contributed by atoms with Crippen molar-refractivity contribution in [3.63, 3.8) is 0 Å². The molecule has 1 aromatic rings. The van der Waals surface area contributed by atoms with E-state index in [1.807, 2.05) is 6.07 Å². The van der Waals surface area contributed by atoms with Crippen LogP contribution in [0.25, 0.3) is 0 Å². The molecule has 0 amide bonds. The third-order valence-electron chi connectivity index (χ3n) is 1.60. The molecule has 0 aliphatic heterocycles. The minimum absolute atomic E-state index is 0. The summed E-state index contributed by atoms with van der Waals surface area (Å²) >= 11 is 5.03. The van der Waals surface area contributed by atoms with Crippen LogP contribution in [0.15, 0.2) is 18.2 Å². The van der Waals surface area contributed by atoms with Crippen LogP contribution in [0.2, 0.25) is 0 Å². The van der Waals surface area contributed by atoms with Crippen LogP contribution in [0.3, 0.4) is 0 Å². The fourth-order valence-electron chi connectivity index (χ4n) is 0.938. The van der Waals surface area contributed by atoms with Crippen molar-refractivity contribution >= 4 is 13.6 Å². The van der Waals surface area contributed by atoms with Gasteiger partial charge in [-0.15, -0.1) is 0 Å². The zero-order valence-electron chi connectivity index (χ0n) is 7.92. The van der Waals surface area contributed by atoms with Crippen molar-refractivity contribution in [1.82, 2.24) is 0 Å². The Morgan fingerprint density at radius 3 is 2.23 bits per heavy atom. The fourth-order valence-corrected chi connectivity index (χ4v) is 0.938. The number of hydrogen-bond donors (Lipinski definition) is 0. The molecule has 0 nitrogen and oxygen atoms in total. The van der Waals surface area contributed by atoms with Gasteiger partial charge in [0, 0.05) is 0 Å². The van der Waals surface area contributed by atoms with Gasteiger partial charge in [0.05, 0.1) is 0 Å². The Morgan fingerprint density at radius 1 is 1.38 bits per heavy atom. The third-order valence-corrected chi connectivity index (χ3v) is 1.60. The van der Waals surface area contributed by atoms with E-state index < -0.39 is 0 Å². The Labute approximate surface area is 108 Å². The van der Waals surface area contributed by atoms with Crippen LogP contribution in [0.1, 0.15) is 30.9 Å². The Bertz CT molecular complexity index is 224. The number of hydrogen-bond acceptors (Lipinski definition) is 0. The molecule has 13 heavy (non-hydrogen) atoms. The van der Waals surface area contributed by atoms with Crippen molar-refractivity contribution in [3.05, 3.63) is 35.4 Å². The second-order valence-corrected chi connectivity index (χ2v) is 2.98. The summed E-state index contributed by atoms with van der Waals surface area (Å²) < 4.78 is 0. The molecular formula is C10H13Br2Ru.